The van der Waals surface area contributed by atoms with Crippen LogP contribution in [-0.4, -0.2) is 47.1 Å². The fourth-order valence-electron chi connectivity index (χ4n) is 3.38. The molecule has 0 unspecified atom stereocenters. The predicted octanol–water partition coefficient (Wildman–Crippen LogP) is 1.10. The molecule has 0 radical (unpaired) electrons. The second kappa shape index (κ2) is 5.83. The summed E-state index contributed by atoms with van der Waals surface area (Å²) < 4.78 is 0. The maximum absolute atomic E-state index is 5.74. The molecule has 1 aromatic rings. The van der Waals surface area contributed by atoms with Crippen molar-refractivity contribution in [3.8, 4) is 0 Å². The topological polar surface area (TPSA) is 84.3 Å². The smallest absolute Gasteiger partial charge is 0.223 e. The Morgan fingerprint density at radius 1 is 0.950 bits per heavy atom. The third kappa shape index (κ3) is 2.95. The number of aromatic nitrogens is 2. The monoisotopic (exact) mass is 276 g/mol. The average Bonchev–Trinajstić information content (AvgIpc) is 2.47. The summed E-state index contributed by atoms with van der Waals surface area (Å²) in [6.07, 6.45) is 6.51. The average molecular weight is 276 g/mol. The van der Waals surface area contributed by atoms with Gasteiger partial charge in [0.15, 0.2) is 0 Å². The van der Waals surface area contributed by atoms with Gasteiger partial charge in [-0.05, 0) is 38.8 Å². The third-order valence-electron chi connectivity index (χ3n) is 4.45. The maximum atomic E-state index is 5.74. The SMILES string of the molecule is Nc1cc(N2CCC(N3CCCCC3)CC2)nc(N)n1. The molecule has 2 aliphatic heterocycles. The molecule has 0 bridgehead atoms. The number of anilines is 3. The lowest BCUT2D eigenvalue weighted by molar-refractivity contribution is 0.141. The first kappa shape index (κ1) is 13.4. The molecule has 20 heavy (non-hydrogen) atoms. The summed E-state index contributed by atoms with van der Waals surface area (Å²) >= 11 is 0. The molecule has 0 amide bonds. The first-order chi connectivity index (χ1) is 9.72. The van der Waals surface area contributed by atoms with E-state index in [4.69, 9.17) is 11.5 Å². The van der Waals surface area contributed by atoms with Crippen LogP contribution in [0.1, 0.15) is 32.1 Å². The van der Waals surface area contributed by atoms with E-state index in [0.29, 0.717) is 5.82 Å². The van der Waals surface area contributed by atoms with Crippen LogP contribution in [0, 0.1) is 0 Å². The van der Waals surface area contributed by atoms with Gasteiger partial charge in [-0.3, -0.25) is 0 Å². The molecule has 1 aromatic heterocycles. The minimum absolute atomic E-state index is 0.262. The van der Waals surface area contributed by atoms with Gasteiger partial charge < -0.3 is 21.3 Å². The van der Waals surface area contributed by atoms with E-state index in [1.165, 1.54) is 45.2 Å². The third-order valence-corrected chi connectivity index (χ3v) is 4.45. The van der Waals surface area contributed by atoms with Gasteiger partial charge in [-0.25, -0.2) is 0 Å². The number of piperidine rings is 2. The molecular weight excluding hydrogens is 252 g/mol. The van der Waals surface area contributed by atoms with E-state index >= 15 is 0 Å². The zero-order chi connectivity index (χ0) is 13.9. The highest BCUT2D eigenvalue weighted by Crippen LogP contribution is 2.24. The van der Waals surface area contributed by atoms with Gasteiger partial charge in [-0.15, -0.1) is 0 Å². The number of nitrogens with two attached hydrogens (primary N) is 2. The highest BCUT2D eigenvalue weighted by atomic mass is 15.2. The molecule has 3 rings (SSSR count). The molecule has 3 heterocycles. The van der Waals surface area contributed by atoms with Crippen LogP contribution >= 0.6 is 0 Å². The number of nitrogen functional groups attached to an aromatic ring is 2. The van der Waals surface area contributed by atoms with Gasteiger partial charge in [0.1, 0.15) is 11.6 Å². The summed E-state index contributed by atoms with van der Waals surface area (Å²) in [7, 11) is 0. The van der Waals surface area contributed by atoms with Crippen LogP contribution < -0.4 is 16.4 Å². The summed E-state index contributed by atoms with van der Waals surface area (Å²) in [4.78, 5) is 13.2. The lowest BCUT2D eigenvalue weighted by Gasteiger charge is -2.40. The molecule has 0 spiro atoms. The van der Waals surface area contributed by atoms with Crippen molar-refractivity contribution >= 4 is 17.6 Å². The van der Waals surface area contributed by atoms with E-state index in [1.807, 2.05) is 6.07 Å². The Balaban J connectivity index is 1.60. The van der Waals surface area contributed by atoms with Gasteiger partial charge in [0.05, 0.1) is 0 Å². The van der Waals surface area contributed by atoms with Gasteiger partial charge in [0.25, 0.3) is 0 Å². The van der Waals surface area contributed by atoms with Crippen molar-refractivity contribution in [2.75, 3.05) is 42.5 Å². The van der Waals surface area contributed by atoms with E-state index in [2.05, 4.69) is 19.8 Å². The second-order valence-electron chi connectivity index (χ2n) is 5.82. The Hall–Kier alpha value is -1.56. The minimum Gasteiger partial charge on any atom is -0.383 e. The highest BCUT2D eigenvalue weighted by Gasteiger charge is 2.26. The van der Waals surface area contributed by atoms with Crippen molar-refractivity contribution in [1.82, 2.24) is 14.9 Å². The Kier molecular flexibility index (Phi) is 3.91. The van der Waals surface area contributed by atoms with Gasteiger partial charge in [0, 0.05) is 25.2 Å². The fraction of sp³-hybridized carbons (Fsp3) is 0.714. The molecule has 0 aliphatic carbocycles. The lowest BCUT2D eigenvalue weighted by Crippen LogP contribution is -2.47. The van der Waals surface area contributed by atoms with Crippen LogP contribution in [0.4, 0.5) is 17.6 Å². The Bertz CT molecular complexity index is 429. The standard InChI is InChI=1S/C14H24N6/c15-12-10-13(18-14(16)17-12)20-8-4-11(5-9-20)19-6-2-1-3-7-19/h10-11H,1-9H2,(H4,15,16,17,18). The molecule has 110 valence electrons. The molecule has 0 saturated carbocycles. The Morgan fingerprint density at radius 2 is 1.65 bits per heavy atom. The van der Waals surface area contributed by atoms with E-state index < -0.39 is 0 Å². The quantitative estimate of drug-likeness (QED) is 0.841. The number of hydrogen-bond donors (Lipinski definition) is 2. The molecule has 6 heteroatoms. The summed E-state index contributed by atoms with van der Waals surface area (Å²) in [5.41, 5.74) is 11.4. The number of likely N-dealkylation sites (tertiary alicyclic amines) is 1. The summed E-state index contributed by atoms with van der Waals surface area (Å²) in [6, 6.07) is 2.56. The van der Waals surface area contributed by atoms with Gasteiger partial charge in [-0.1, -0.05) is 6.42 Å². The normalized spacial score (nSPS) is 22.1. The van der Waals surface area contributed by atoms with E-state index in [0.717, 1.165) is 24.9 Å². The van der Waals surface area contributed by atoms with E-state index in [-0.39, 0.29) is 5.95 Å². The molecule has 2 aliphatic rings. The molecule has 2 saturated heterocycles. The van der Waals surface area contributed by atoms with Crippen LogP contribution in [0.5, 0.6) is 0 Å². The van der Waals surface area contributed by atoms with Gasteiger partial charge >= 0.3 is 0 Å². The number of rotatable bonds is 2. The zero-order valence-corrected chi connectivity index (χ0v) is 12.0. The second-order valence-corrected chi connectivity index (χ2v) is 5.82. The molecule has 2 fully saturated rings. The number of nitrogens with zero attached hydrogens (tertiary/aromatic N) is 4. The Labute approximate surface area is 120 Å². The first-order valence-corrected chi connectivity index (χ1v) is 7.61. The summed E-state index contributed by atoms with van der Waals surface area (Å²) in [5.74, 6) is 1.58. The molecular formula is C14H24N6. The van der Waals surface area contributed by atoms with Crippen molar-refractivity contribution in [3.63, 3.8) is 0 Å². The van der Waals surface area contributed by atoms with Crippen molar-refractivity contribution in [2.45, 2.75) is 38.1 Å². The van der Waals surface area contributed by atoms with Crippen molar-refractivity contribution in [3.05, 3.63) is 6.07 Å². The Morgan fingerprint density at radius 3 is 2.30 bits per heavy atom. The minimum atomic E-state index is 0.262. The largest absolute Gasteiger partial charge is 0.383 e. The fourth-order valence-corrected chi connectivity index (χ4v) is 3.38. The summed E-state index contributed by atoms with van der Waals surface area (Å²) in [5, 5.41) is 0. The summed E-state index contributed by atoms with van der Waals surface area (Å²) in [6.45, 7) is 4.60. The van der Waals surface area contributed by atoms with Crippen molar-refractivity contribution < 1.29 is 0 Å². The predicted molar refractivity (Wildman–Crippen MR) is 81.5 cm³/mol. The van der Waals surface area contributed by atoms with Crippen LogP contribution in [0.25, 0.3) is 0 Å². The van der Waals surface area contributed by atoms with E-state index in [9.17, 15) is 0 Å². The first-order valence-electron chi connectivity index (χ1n) is 7.61. The van der Waals surface area contributed by atoms with Crippen LogP contribution in [0.15, 0.2) is 6.07 Å². The van der Waals surface area contributed by atoms with Crippen molar-refractivity contribution in [2.24, 2.45) is 0 Å². The molecule has 0 atom stereocenters. The molecule has 0 aromatic carbocycles. The lowest BCUT2D eigenvalue weighted by atomic mass is 10.00. The molecule has 6 nitrogen and oxygen atoms in total. The van der Waals surface area contributed by atoms with Gasteiger partial charge in [0.2, 0.25) is 5.95 Å². The zero-order valence-electron chi connectivity index (χ0n) is 12.0. The maximum Gasteiger partial charge on any atom is 0.223 e. The number of hydrogen-bond acceptors (Lipinski definition) is 6. The molecule has 4 N–H and O–H groups in total. The van der Waals surface area contributed by atoms with E-state index in [1.54, 1.807) is 0 Å². The van der Waals surface area contributed by atoms with Crippen LogP contribution in [0.2, 0.25) is 0 Å². The van der Waals surface area contributed by atoms with Crippen LogP contribution in [-0.2, 0) is 0 Å². The highest BCUT2D eigenvalue weighted by molar-refractivity contribution is 5.50. The van der Waals surface area contributed by atoms with Crippen LogP contribution in [0.3, 0.4) is 0 Å². The van der Waals surface area contributed by atoms with Crippen molar-refractivity contribution in [1.29, 1.82) is 0 Å². The van der Waals surface area contributed by atoms with Gasteiger partial charge in [-0.2, -0.15) is 9.97 Å².